The third-order valence-corrected chi connectivity index (χ3v) is 4.13. The lowest BCUT2D eigenvalue weighted by atomic mass is 9.99. The average molecular weight is 306 g/mol. The van der Waals surface area contributed by atoms with E-state index in [0.717, 1.165) is 17.5 Å². The highest BCUT2D eigenvalue weighted by molar-refractivity contribution is 5.44. The first-order valence-electron chi connectivity index (χ1n) is 8.85. The first kappa shape index (κ1) is 19.0. The van der Waals surface area contributed by atoms with E-state index < -0.39 is 0 Å². The predicted octanol–water partition coefficient (Wildman–Crippen LogP) is 4.12. The molecule has 0 bridgehead atoms. The number of phenolic OH excluding ortho intramolecular Hbond substituents is 1. The molecule has 0 saturated carbocycles. The van der Waals surface area contributed by atoms with Gasteiger partial charge in [-0.3, -0.25) is 0 Å². The van der Waals surface area contributed by atoms with Crippen molar-refractivity contribution in [2.75, 3.05) is 14.1 Å². The Morgan fingerprint density at radius 3 is 1.82 bits per heavy atom. The summed E-state index contributed by atoms with van der Waals surface area (Å²) >= 11 is 0. The number of rotatable bonds is 12. The number of nitrogens with one attached hydrogen (secondary N) is 2. The Morgan fingerprint density at radius 2 is 1.32 bits per heavy atom. The summed E-state index contributed by atoms with van der Waals surface area (Å²) in [6.45, 7) is 3.69. The van der Waals surface area contributed by atoms with Crippen molar-refractivity contribution in [1.29, 1.82) is 0 Å². The molecular formula is C19H34N2O. The van der Waals surface area contributed by atoms with Gasteiger partial charge in [-0.1, -0.05) is 57.6 Å². The largest absolute Gasteiger partial charge is 0.507 e. The maximum atomic E-state index is 10.3. The van der Waals surface area contributed by atoms with Gasteiger partial charge in [-0.2, -0.15) is 0 Å². The monoisotopic (exact) mass is 306 g/mol. The summed E-state index contributed by atoms with van der Waals surface area (Å²) in [6, 6.07) is 4.31. The minimum Gasteiger partial charge on any atom is -0.507 e. The van der Waals surface area contributed by atoms with Crippen LogP contribution in [0.5, 0.6) is 5.75 Å². The first-order valence-corrected chi connectivity index (χ1v) is 8.85. The highest BCUT2D eigenvalue weighted by Gasteiger charge is 2.09. The van der Waals surface area contributed by atoms with Crippen molar-refractivity contribution in [3.8, 4) is 5.75 Å². The van der Waals surface area contributed by atoms with Gasteiger partial charge in [-0.15, -0.1) is 0 Å². The molecule has 3 nitrogen and oxygen atoms in total. The number of aromatic hydroxyl groups is 1. The number of phenols is 1. The second-order valence-electron chi connectivity index (χ2n) is 6.19. The van der Waals surface area contributed by atoms with Crippen LogP contribution < -0.4 is 10.6 Å². The normalized spacial score (nSPS) is 11.0. The molecule has 22 heavy (non-hydrogen) atoms. The van der Waals surface area contributed by atoms with Gasteiger partial charge in [0, 0.05) is 24.2 Å². The summed E-state index contributed by atoms with van der Waals surface area (Å²) in [5, 5.41) is 16.6. The molecule has 0 aliphatic rings. The summed E-state index contributed by atoms with van der Waals surface area (Å²) in [5.41, 5.74) is 3.36. The van der Waals surface area contributed by atoms with Crippen LogP contribution in [0.25, 0.3) is 0 Å². The molecule has 126 valence electrons. The molecule has 0 aliphatic carbocycles. The number of benzene rings is 1. The SMILES string of the molecule is CCCCCCCCCc1cc(CNC)c(O)c(CNC)c1. The fourth-order valence-electron chi connectivity index (χ4n) is 2.91. The molecule has 3 N–H and O–H groups in total. The molecule has 0 spiro atoms. The van der Waals surface area contributed by atoms with Crippen molar-refractivity contribution in [2.45, 2.75) is 71.4 Å². The Labute approximate surface area is 136 Å². The highest BCUT2D eigenvalue weighted by Crippen LogP contribution is 2.26. The fraction of sp³-hybridized carbons (Fsp3) is 0.684. The molecule has 1 aromatic rings. The van der Waals surface area contributed by atoms with E-state index >= 15 is 0 Å². The van der Waals surface area contributed by atoms with Crippen molar-refractivity contribution in [2.24, 2.45) is 0 Å². The Bertz CT molecular complexity index is 391. The van der Waals surface area contributed by atoms with Crippen LogP contribution in [0.2, 0.25) is 0 Å². The van der Waals surface area contributed by atoms with Gasteiger partial charge in [0.1, 0.15) is 5.75 Å². The lowest BCUT2D eigenvalue weighted by Gasteiger charge is -2.13. The molecule has 0 unspecified atom stereocenters. The fourth-order valence-corrected chi connectivity index (χ4v) is 2.91. The van der Waals surface area contributed by atoms with Gasteiger partial charge in [0.2, 0.25) is 0 Å². The van der Waals surface area contributed by atoms with Crippen molar-refractivity contribution >= 4 is 0 Å². The lowest BCUT2D eigenvalue weighted by molar-refractivity contribution is 0.456. The summed E-state index contributed by atoms with van der Waals surface area (Å²) in [4.78, 5) is 0. The van der Waals surface area contributed by atoms with E-state index in [4.69, 9.17) is 0 Å². The van der Waals surface area contributed by atoms with Crippen LogP contribution in [0, 0.1) is 0 Å². The van der Waals surface area contributed by atoms with Gasteiger partial charge < -0.3 is 15.7 Å². The second kappa shape index (κ2) is 11.5. The Kier molecular flexibility index (Phi) is 9.93. The number of hydrogen-bond donors (Lipinski definition) is 3. The van der Waals surface area contributed by atoms with Gasteiger partial charge in [-0.05, 0) is 32.5 Å². The zero-order chi connectivity index (χ0) is 16.2. The standard InChI is InChI=1S/C19H34N2O/c1-4-5-6-7-8-9-10-11-16-12-17(14-20-2)19(22)18(13-16)15-21-3/h12-13,20-22H,4-11,14-15H2,1-3H3. The summed E-state index contributed by atoms with van der Waals surface area (Å²) in [6.07, 6.45) is 10.5. The molecule has 0 aromatic heterocycles. The Hall–Kier alpha value is -1.06. The van der Waals surface area contributed by atoms with Crippen molar-refractivity contribution in [1.82, 2.24) is 10.6 Å². The van der Waals surface area contributed by atoms with Gasteiger partial charge >= 0.3 is 0 Å². The molecule has 0 saturated heterocycles. The molecule has 0 heterocycles. The van der Waals surface area contributed by atoms with Crippen LogP contribution >= 0.6 is 0 Å². The number of hydrogen-bond acceptors (Lipinski definition) is 3. The summed E-state index contributed by atoms with van der Waals surface area (Å²) in [5.74, 6) is 0.437. The van der Waals surface area contributed by atoms with Crippen LogP contribution in [-0.2, 0) is 19.5 Å². The van der Waals surface area contributed by atoms with E-state index in [1.54, 1.807) is 0 Å². The minimum absolute atomic E-state index is 0.437. The highest BCUT2D eigenvalue weighted by atomic mass is 16.3. The molecule has 3 heteroatoms. The molecule has 0 amide bonds. The van der Waals surface area contributed by atoms with Crippen molar-refractivity contribution in [3.63, 3.8) is 0 Å². The molecule has 0 aliphatic heterocycles. The average Bonchev–Trinajstić information content (AvgIpc) is 2.51. The van der Waals surface area contributed by atoms with Crippen molar-refractivity contribution < 1.29 is 5.11 Å². The summed E-state index contributed by atoms with van der Waals surface area (Å²) < 4.78 is 0. The molecule has 0 radical (unpaired) electrons. The van der Waals surface area contributed by atoms with E-state index in [9.17, 15) is 5.11 Å². The first-order chi connectivity index (χ1) is 10.7. The predicted molar refractivity (Wildman–Crippen MR) is 95.3 cm³/mol. The van der Waals surface area contributed by atoms with Crippen LogP contribution in [0.1, 0.15) is 68.6 Å². The zero-order valence-corrected chi connectivity index (χ0v) is 14.7. The Balaban J connectivity index is 2.51. The van der Waals surface area contributed by atoms with Gasteiger partial charge in [0.25, 0.3) is 0 Å². The summed E-state index contributed by atoms with van der Waals surface area (Å²) in [7, 11) is 3.83. The van der Waals surface area contributed by atoms with Gasteiger partial charge in [0.05, 0.1) is 0 Å². The third kappa shape index (κ3) is 6.80. The maximum absolute atomic E-state index is 10.3. The molecule has 0 atom stereocenters. The van der Waals surface area contributed by atoms with Crippen LogP contribution in [0.3, 0.4) is 0 Å². The maximum Gasteiger partial charge on any atom is 0.124 e. The Morgan fingerprint density at radius 1 is 0.818 bits per heavy atom. The van der Waals surface area contributed by atoms with E-state index in [-0.39, 0.29) is 0 Å². The quantitative estimate of drug-likeness (QED) is 0.509. The van der Waals surface area contributed by atoms with E-state index in [1.807, 2.05) is 14.1 Å². The second-order valence-corrected chi connectivity index (χ2v) is 6.19. The van der Waals surface area contributed by atoms with E-state index in [1.165, 1.54) is 50.5 Å². The molecular weight excluding hydrogens is 272 g/mol. The number of aryl methyl sites for hydroxylation is 1. The smallest absolute Gasteiger partial charge is 0.124 e. The molecule has 1 aromatic carbocycles. The zero-order valence-electron chi connectivity index (χ0n) is 14.7. The van der Waals surface area contributed by atoms with Crippen LogP contribution in [0.15, 0.2) is 12.1 Å². The number of unbranched alkanes of at least 4 members (excludes halogenated alkanes) is 6. The van der Waals surface area contributed by atoms with E-state index in [0.29, 0.717) is 18.8 Å². The van der Waals surface area contributed by atoms with E-state index in [2.05, 4.69) is 29.7 Å². The van der Waals surface area contributed by atoms with Crippen LogP contribution in [0.4, 0.5) is 0 Å². The minimum atomic E-state index is 0.437. The third-order valence-electron chi connectivity index (χ3n) is 4.13. The lowest BCUT2D eigenvalue weighted by Crippen LogP contribution is -2.10. The van der Waals surface area contributed by atoms with Gasteiger partial charge in [-0.25, -0.2) is 0 Å². The van der Waals surface area contributed by atoms with Crippen molar-refractivity contribution in [3.05, 3.63) is 28.8 Å². The molecule has 1 rings (SSSR count). The molecule has 0 fully saturated rings. The van der Waals surface area contributed by atoms with Gasteiger partial charge in [0.15, 0.2) is 0 Å². The topological polar surface area (TPSA) is 44.3 Å². The van der Waals surface area contributed by atoms with Crippen LogP contribution in [-0.4, -0.2) is 19.2 Å².